The fourth-order valence-electron chi connectivity index (χ4n) is 1.69. The molecule has 84 valence electrons. The summed E-state index contributed by atoms with van der Waals surface area (Å²) in [6.45, 7) is 8.56. The van der Waals surface area contributed by atoms with Crippen LogP contribution in [0, 0.1) is 6.92 Å². The number of aromatic nitrogens is 3. The fraction of sp³-hybridized carbons (Fsp3) is 0.385. The van der Waals surface area contributed by atoms with Crippen LogP contribution in [0.5, 0.6) is 0 Å². The lowest BCUT2D eigenvalue weighted by molar-refractivity contribution is 0.541. The zero-order valence-corrected chi connectivity index (χ0v) is 10.2. The highest BCUT2D eigenvalue weighted by Gasteiger charge is 2.21. The second kappa shape index (κ2) is 3.74. The molecule has 0 aromatic carbocycles. The number of nitrogens with zero attached hydrogens (tertiary/aromatic N) is 3. The van der Waals surface area contributed by atoms with Gasteiger partial charge in [-0.15, -0.1) is 0 Å². The zero-order valence-electron chi connectivity index (χ0n) is 10.2. The Bertz CT molecular complexity index is 478. The summed E-state index contributed by atoms with van der Waals surface area (Å²) >= 11 is 0. The molecule has 0 aliphatic carbocycles. The molecule has 0 fully saturated rings. The number of pyridine rings is 1. The first kappa shape index (κ1) is 10.9. The second-order valence-corrected chi connectivity index (χ2v) is 5.02. The Kier molecular flexibility index (Phi) is 2.54. The summed E-state index contributed by atoms with van der Waals surface area (Å²) in [5, 5.41) is 4.50. The Morgan fingerprint density at radius 3 is 2.50 bits per heavy atom. The minimum atomic E-state index is 0.0682. The minimum absolute atomic E-state index is 0.0682. The van der Waals surface area contributed by atoms with Gasteiger partial charge < -0.3 is 0 Å². The third-order valence-corrected chi connectivity index (χ3v) is 2.47. The van der Waals surface area contributed by atoms with Gasteiger partial charge >= 0.3 is 0 Å². The summed E-state index contributed by atoms with van der Waals surface area (Å²) in [5.41, 5.74) is 2.28. The van der Waals surface area contributed by atoms with E-state index in [1.54, 1.807) is 6.20 Å². The molecular weight excluding hydrogens is 198 g/mol. The van der Waals surface area contributed by atoms with Crippen LogP contribution in [-0.2, 0) is 5.41 Å². The van der Waals surface area contributed by atoms with E-state index in [0.29, 0.717) is 0 Å². The van der Waals surface area contributed by atoms with Crippen LogP contribution in [0.3, 0.4) is 0 Å². The van der Waals surface area contributed by atoms with Crippen LogP contribution in [0.4, 0.5) is 0 Å². The quantitative estimate of drug-likeness (QED) is 0.732. The highest BCUT2D eigenvalue weighted by molar-refractivity contribution is 5.29. The van der Waals surface area contributed by atoms with Crippen molar-refractivity contribution in [3.8, 4) is 5.82 Å². The van der Waals surface area contributed by atoms with Gasteiger partial charge in [0.05, 0.1) is 11.4 Å². The van der Waals surface area contributed by atoms with Gasteiger partial charge in [-0.25, -0.2) is 9.67 Å². The van der Waals surface area contributed by atoms with Crippen LogP contribution in [0.1, 0.15) is 32.2 Å². The van der Waals surface area contributed by atoms with Crippen LogP contribution >= 0.6 is 0 Å². The lowest BCUT2D eigenvalue weighted by Gasteiger charge is -2.19. The molecule has 0 atom stereocenters. The number of aryl methyl sites for hydroxylation is 1. The first-order valence-corrected chi connectivity index (χ1v) is 5.47. The molecule has 0 N–H and O–H groups in total. The van der Waals surface area contributed by atoms with Gasteiger partial charge in [-0.05, 0) is 25.1 Å². The van der Waals surface area contributed by atoms with Crippen molar-refractivity contribution in [1.82, 2.24) is 14.8 Å². The first-order chi connectivity index (χ1) is 7.48. The maximum Gasteiger partial charge on any atom is 0.153 e. The van der Waals surface area contributed by atoms with E-state index < -0.39 is 0 Å². The predicted octanol–water partition coefficient (Wildman–Crippen LogP) is 2.87. The third kappa shape index (κ3) is 1.98. The van der Waals surface area contributed by atoms with Crippen LogP contribution in [0.2, 0.25) is 0 Å². The van der Waals surface area contributed by atoms with Crippen molar-refractivity contribution in [2.75, 3.05) is 0 Å². The molecule has 3 heteroatoms. The molecule has 16 heavy (non-hydrogen) atoms. The van der Waals surface area contributed by atoms with Gasteiger partial charge in [0.15, 0.2) is 5.82 Å². The molecule has 0 aliphatic rings. The Morgan fingerprint density at radius 1 is 1.19 bits per heavy atom. The molecule has 0 spiro atoms. The Morgan fingerprint density at radius 2 is 1.94 bits per heavy atom. The van der Waals surface area contributed by atoms with Gasteiger partial charge in [0.25, 0.3) is 0 Å². The highest BCUT2D eigenvalue weighted by atomic mass is 15.3. The van der Waals surface area contributed by atoms with E-state index >= 15 is 0 Å². The number of hydrogen-bond acceptors (Lipinski definition) is 2. The smallest absolute Gasteiger partial charge is 0.153 e. The molecule has 0 radical (unpaired) electrons. The molecule has 2 aromatic rings. The van der Waals surface area contributed by atoms with Gasteiger partial charge in [0, 0.05) is 11.6 Å². The van der Waals surface area contributed by atoms with Gasteiger partial charge in [-0.3, -0.25) is 0 Å². The highest BCUT2D eigenvalue weighted by Crippen LogP contribution is 2.24. The third-order valence-electron chi connectivity index (χ3n) is 2.47. The molecule has 0 aliphatic heterocycles. The fourth-order valence-corrected chi connectivity index (χ4v) is 1.69. The molecule has 3 nitrogen and oxygen atoms in total. The standard InChI is InChI=1S/C13H17N3/c1-10-9-11(13(2,3)4)16(15-10)12-7-5-6-8-14-12/h5-9H,1-4H3. The van der Waals surface area contributed by atoms with Crippen molar-refractivity contribution in [3.05, 3.63) is 41.9 Å². The number of rotatable bonds is 1. The van der Waals surface area contributed by atoms with Crippen molar-refractivity contribution < 1.29 is 0 Å². The molecule has 0 bridgehead atoms. The summed E-state index contributed by atoms with van der Waals surface area (Å²) in [6.07, 6.45) is 1.79. The van der Waals surface area contributed by atoms with E-state index in [-0.39, 0.29) is 5.41 Å². The molecule has 0 unspecified atom stereocenters. The molecule has 0 amide bonds. The number of hydrogen-bond donors (Lipinski definition) is 0. The van der Waals surface area contributed by atoms with Crippen molar-refractivity contribution in [2.45, 2.75) is 33.1 Å². The topological polar surface area (TPSA) is 30.7 Å². The van der Waals surface area contributed by atoms with E-state index in [4.69, 9.17) is 0 Å². The summed E-state index contributed by atoms with van der Waals surface area (Å²) in [4.78, 5) is 4.34. The summed E-state index contributed by atoms with van der Waals surface area (Å²) in [7, 11) is 0. The van der Waals surface area contributed by atoms with Crippen LogP contribution in [0.15, 0.2) is 30.5 Å². The summed E-state index contributed by atoms with van der Waals surface area (Å²) < 4.78 is 1.93. The molecule has 0 saturated carbocycles. The largest absolute Gasteiger partial charge is 0.237 e. The Labute approximate surface area is 96.1 Å². The van der Waals surface area contributed by atoms with E-state index in [0.717, 1.165) is 11.5 Å². The molecule has 2 rings (SSSR count). The van der Waals surface area contributed by atoms with E-state index in [2.05, 4.69) is 36.9 Å². The second-order valence-electron chi connectivity index (χ2n) is 5.02. The SMILES string of the molecule is Cc1cc(C(C)(C)C)n(-c2ccccn2)n1. The monoisotopic (exact) mass is 215 g/mol. The predicted molar refractivity (Wildman–Crippen MR) is 64.8 cm³/mol. The van der Waals surface area contributed by atoms with Gasteiger partial charge in [-0.2, -0.15) is 5.10 Å². The Hall–Kier alpha value is -1.64. The van der Waals surface area contributed by atoms with Crippen molar-refractivity contribution >= 4 is 0 Å². The van der Waals surface area contributed by atoms with Crippen LogP contribution < -0.4 is 0 Å². The van der Waals surface area contributed by atoms with E-state index in [1.165, 1.54) is 5.69 Å². The maximum absolute atomic E-state index is 4.50. The van der Waals surface area contributed by atoms with Gasteiger partial charge in [0.2, 0.25) is 0 Å². The van der Waals surface area contributed by atoms with E-state index in [1.807, 2.05) is 29.8 Å². The summed E-state index contributed by atoms with van der Waals surface area (Å²) in [6, 6.07) is 7.98. The lowest BCUT2D eigenvalue weighted by Crippen LogP contribution is -2.17. The van der Waals surface area contributed by atoms with Crippen molar-refractivity contribution in [2.24, 2.45) is 0 Å². The molecule has 2 heterocycles. The maximum atomic E-state index is 4.50. The van der Waals surface area contributed by atoms with Crippen molar-refractivity contribution in [1.29, 1.82) is 0 Å². The average Bonchev–Trinajstić information content (AvgIpc) is 2.61. The van der Waals surface area contributed by atoms with Gasteiger partial charge in [0.1, 0.15) is 0 Å². The first-order valence-electron chi connectivity index (χ1n) is 5.47. The van der Waals surface area contributed by atoms with Crippen LogP contribution in [0.25, 0.3) is 5.82 Å². The van der Waals surface area contributed by atoms with Crippen molar-refractivity contribution in [3.63, 3.8) is 0 Å². The molecule has 0 saturated heterocycles. The minimum Gasteiger partial charge on any atom is -0.237 e. The molecule has 2 aromatic heterocycles. The molecular formula is C13H17N3. The van der Waals surface area contributed by atoms with Gasteiger partial charge in [-0.1, -0.05) is 26.8 Å². The zero-order chi connectivity index (χ0) is 11.8. The average molecular weight is 215 g/mol. The summed E-state index contributed by atoms with van der Waals surface area (Å²) in [5.74, 6) is 0.875. The normalized spacial score (nSPS) is 11.8. The van der Waals surface area contributed by atoms with E-state index in [9.17, 15) is 0 Å². The Balaban J connectivity index is 2.58. The van der Waals surface area contributed by atoms with Crippen LogP contribution in [-0.4, -0.2) is 14.8 Å². The lowest BCUT2D eigenvalue weighted by atomic mass is 9.92.